The number of carbonyl (C=O) groups is 2. The first-order chi connectivity index (χ1) is 7.13. The van der Waals surface area contributed by atoms with Gasteiger partial charge in [-0.2, -0.15) is 0 Å². The molecule has 1 saturated heterocycles. The molecule has 1 rings (SSSR count). The first kappa shape index (κ1) is 17.3. The molecule has 0 bridgehead atoms. The predicted octanol–water partition coefficient (Wildman–Crippen LogP) is -2.35. The van der Waals surface area contributed by atoms with Gasteiger partial charge < -0.3 is 25.0 Å². The molecule has 7 nitrogen and oxygen atoms in total. The third-order valence-corrected chi connectivity index (χ3v) is 3.91. The standard InChI is InChI=1S/C8H15N2O5P.Ca/c1-8(2,16(13,14)15)10-7(12)5-3-4-6(11)9-5;/h5H,3-4H2,1-2H3,(H,9,11)(H,10,12)(H2,13,14,15);/q;+2/p-2. The van der Waals surface area contributed by atoms with Gasteiger partial charge in [-0.1, -0.05) is 0 Å². The molecule has 92 valence electrons. The number of hydrogen-bond donors (Lipinski definition) is 2. The zero-order valence-electron chi connectivity index (χ0n) is 9.69. The molecule has 0 radical (unpaired) electrons. The monoisotopic (exact) mass is 288 g/mol. The number of amides is 2. The Labute approximate surface area is 129 Å². The van der Waals surface area contributed by atoms with Crippen LogP contribution in [0.4, 0.5) is 0 Å². The summed E-state index contributed by atoms with van der Waals surface area (Å²) in [4.78, 5) is 44.1. The van der Waals surface area contributed by atoms with Crippen molar-refractivity contribution in [3.8, 4) is 0 Å². The molecule has 2 amide bonds. The molecule has 1 aliphatic heterocycles. The van der Waals surface area contributed by atoms with Crippen LogP contribution < -0.4 is 20.4 Å². The van der Waals surface area contributed by atoms with E-state index in [1.54, 1.807) is 0 Å². The summed E-state index contributed by atoms with van der Waals surface area (Å²) < 4.78 is 10.8. The summed E-state index contributed by atoms with van der Waals surface area (Å²) in [6.07, 6.45) is 0.535. The quantitative estimate of drug-likeness (QED) is 0.445. The van der Waals surface area contributed by atoms with E-state index in [-0.39, 0.29) is 50.1 Å². The molecule has 17 heavy (non-hydrogen) atoms. The second kappa shape index (κ2) is 5.99. The van der Waals surface area contributed by atoms with Crippen LogP contribution in [0, 0.1) is 0 Å². The fourth-order valence-electron chi connectivity index (χ4n) is 1.27. The van der Waals surface area contributed by atoms with Gasteiger partial charge >= 0.3 is 37.7 Å². The zero-order valence-corrected chi connectivity index (χ0v) is 12.8. The number of carbonyl (C=O) groups excluding carboxylic acids is 2. The second-order valence-electron chi connectivity index (χ2n) is 4.20. The maximum Gasteiger partial charge on any atom is 2.00 e. The van der Waals surface area contributed by atoms with Crippen molar-refractivity contribution in [1.82, 2.24) is 10.6 Å². The molecule has 1 unspecified atom stereocenters. The second-order valence-corrected chi connectivity index (χ2v) is 6.32. The molecule has 0 aromatic rings. The van der Waals surface area contributed by atoms with Gasteiger partial charge in [0.1, 0.15) is 6.04 Å². The molecular formula is C8H13CaN2O5P. The summed E-state index contributed by atoms with van der Waals surface area (Å²) in [5, 5.41) is 2.65. The Morgan fingerprint density at radius 3 is 2.41 bits per heavy atom. The third kappa shape index (κ3) is 4.50. The molecule has 0 saturated carbocycles. The van der Waals surface area contributed by atoms with Crippen molar-refractivity contribution in [3.05, 3.63) is 0 Å². The Bertz CT molecular complexity index is 367. The van der Waals surface area contributed by atoms with Crippen molar-refractivity contribution in [2.45, 2.75) is 38.0 Å². The molecule has 0 aromatic carbocycles. The molecule has 1 aliphatic rings. The van der Waals surface area contributed by atoms with Gasteiger partial charge in [-0.25, -0.2) is 0 Å². The van der Waals surface area contributed by atoms with E-state index in [0.29, 0.717) is 6.42 Å². The minimum absolute atomic E-state index is 0. The van der Waals surface area contributed by atoms with Crippen LogP contribution in [0.2, 0.25) is 0 Å². The molecule has 9 heteroatoms. The number of hydrogen-bond acceptors (Lipinski definition) is 5. The molecule has 0 spiro atoms. The van der Waals surface area contributed by atoms with Crippen LogP contribution in [0.15, 0.2) is 0 Å². The molecule has 2 N–H and O–H groups in total. The van der Waals surface area contributed by atoms with E-state index in [0.717, 1.165) is 13.8 Å². The van der Waals surface area contributed by atoms with E-state index in [4.69, 9.17) is 0 Å². The van der Waals surface area contributed by atoms with Crippen molar-refractivity contribution < 1.29 is 23.9 Å². The number of nitrogens with one attached hydrogen (secondary N) is 2. The van der Waals surface area contributed by atoms with Crippen molar-refractivity contribution in [3.63, 3.8) is 0 Å². The minimum Gasteiger partial charge on any atom is -0.809 e. The van der Waals surface area contributed by atoms with E-state index in [1.165, 1.54) is 0 Å². The minimum atomic E-state index is -4.92. The fourth-order valence-corrected chi connectivity index (χ4v) is 1.51. The van der Waals surface area contributed by atoms with Crippen LogP contribution in [-0.2, 0) is 14.2 Å². The molecule has 1 fully saturated rings. The van der Waals surface area contributed by atoms with E-state index in [1.807, 2.05) is 0 Å². The zero-order chi connectivity index (χ0) is 12.6. The Morgan fingerprint density at radius 2 is 2.06 bits per heavy atom. The molecular weight excluding hydrogens is 275 g/mol. The van der Waals surface area contributed by atoms with Crippen LogP contribution in [0.3, 0.4) is 0 Å². The van der Waals surface area contributed by atoms with E-state index in [2.05, 4.69) is 10.6 Å². The average Bonchev–Trinajstić information content (AvgIpc) is 2.48. The van der Waals surface area contributed by atoms with Gasteiger partial charge in [0.2, 0.25) is 11.8 Å². The Balaban J connectivity index is 0.00000256. The first-order valence-corrected chi connectivity index (χ1v) is 6.31. The summed E-state index contributed by atoms with van der Waals surface area (Å²) >= 11 is 0. The van der Waals surface area contributed by atoms with Gasteiger partial charge in [0.05, 0.1) is 5.28 Å². The number of rotatable bonds is 3. The van der Waals surface area contributed by atoms with Crippen molar-refractivity contribution in [2.75, 3.05) is 0 Å². The first-order valence-electron chi connectivity index (χ1n) is 4.77. The maximum absolute atomic E-state index is 11.5. The van der Waals surface area contributed by atoms with Gasteiger partial charge in [-0.3, -0.25) is 9.59 Å². The molecule has 0 aromatic heterocycles. The van der Waals surface area contributed by atoms with Crippen molar-refractivity contribution in [2.24, 2.45) is 0 Å². The predicted molar refractivity (Wildman–Crippen MR) is 56.7 cm³/mol. The molecule has 0 aliphatic carbocycles. The van der Waals surface area contributed by atoms with Crippen LogP contribution in [0.1, 0.15) is 26.7 Å². The van der Waals surface area contributed by atoms with Crippen LogP contribution in [0.5, 0.6) is 0 Å². The van der Waals surface area contributed by atoms with Gasteiger partial charge in [-0.15, -0.1) is 0 Å². The van der Waals surface area contributed by atoms with E-state index < -0.39 is 24.8 Å². The smallest absolute Gasteiger partial charge is 0.809 e. The summed E-state index contributed by atoms with van der Waals surface area (Å²) in [7, 11) is -4.92. The SMILES string of the molecule is CC(C)(NC(=O)C1CCC(=O)N1)P(=O)([O-])[O-].[Ca+2]. The largest absolute Gasteiger partial charge is 2.00 e. The van der Waals surface area contributed by atoms with E-state index in [9.17, 15) is 23.9 Å². The fraction of sp³-hybridized carbons (Fsp3) is 0.750. The van der Waals surface area contributed by atoms with Crippen LogP contribution in [0.25, 0.3) is 0 Å². The third-order valence-electron chi connectivity index (χ3n) is 2.43. The molecule has 1 atom stereocenters. The topological polar surface area (TPSA) is 121 Å². The van der Waals surface area contributed by atoms with E-state index >= 15 is 0 Å². The average molecular weight is 288 g/mol. The van der Waals surface area contributed by atoms with Gasteiger partial charge in [0, 0.05) is 6.42 Å². The van der Waals surface area contributed by atoms with Gasteiger partial charge in [0.15, 0.2) is 0 Å². The summed E-state index contributed by atoms with van der Waals surface area (Å²) in [6.45, 7) is 2.23. The van der Waals surface area contributed by atoms with Crippen molar-refractivity contribution in [1.29, 1.82) is 0 Å². The summed E-state index contributed by atoms with van der Waals surface area (Å²) in [5.41, 5.74) is 0. The Morgan fingerprint density at radius 1 is 1.53 bits per heavy atom. The van der Waals surface area contributed by atoms with Crippen molar-refractivity contribution >= 4 is 57.1 Å². The van der Waals surface area contributed by atoms with Crippen LogP contribution in [-0.4, -0.2) is 60.9 Å². The van der Waals surface area contributed by atoms with Gasteiger partial charge in [-0.05, 0) is 27.9 Å². The Hall–Kier alpha value is 0.350. The normalized spacial score (nSPS) is 20.5. The summed E-state index contributed by atoms with van der Waals surface area (Å²) in [6, 6.07) is -0.752. The summed E-state index contributed by atoms with van der Waals surface area (Å²) in [5.74, 6) is -0.909. The van der Waals surface area contributed by atoms with Crippen LogP contribution >= 0.6 is 7.60 Å². The Kier molecular flexibility index (Phi) is 6.12. The molecule has 1 heterocycles. The van der Waals surface area contributed by atoms with Gasteiger partial charge in [0.25, 0.3) is 0 Å². The maximum atomic E-state index is 11.5.